The van der Waals surface area contributed by atoms with Gasteiger partial charge in [-0.25, -0.2) is 4.79 Å². The first-order chi connectivity index (χ1) is 17.0. The van der Waals surface area contributed by atoms with E-state index in [2.05, 4.69) is 44.3 Å². The summed E-state index contributed by atoms with van der Waals surface area (Å²) in [4.78, 5) is 26.8. The van der Waals surface area contributed by atoms with Crippen molar-refractivity contribution in [2.24, 2.45) is 0 Å². The van der Waals surface area contributed by atoms with Gasteiger partial charge in [-0.3, -0.25) is 4.79 Å². The number of hydrogen-bond acceptors (Lipinski definition) is 3. The van der Waals surface area contributed by atoms with Crippen LogP contribution in [0.3, 0.4) is 0 Å². The third kappa shape index (κ3) is 11.9. The van der Waals surface area contributed by atoms with E-state index in [9.17, 15) is 9.59 Å². The van der Waals surface area contributed by atoms with Gasteiger partial charge in [-0.2, -0.15) is 0 Å². The molecule has 2 amide bonds. The van der Waals surface area contributed by atoms with Gasteiger partial charge in [0.2, 0.25) is 5.91 Å². The standard InChI is InChI=1S/C30H44N2O3/c1-4-5-6-7-8-12-21-32(30(34)35-24-28-14-10-9-11-15-28)22-13-20-31-29(33)19-18-27-17-16-25(2)26(3)23-27/h9-11,14-17,23H,4-8,12-13,18-22,24H2,1-3H3,(H,31,33). The van der Waals surface area contributed by atoms with Crippen LogP contribution in [-0.4, -0.2) is 36.5 Å². The molecule has 0 heterocycles. The number of carbonyl (C=O) groups is 2. The molecule has 0 saturated carbocycles. The van der Waals surface area contributed by atoms with Crippen molar-refractivity contribution in [3.05, 3.63) is 70.8 Å². The smallest absolute Gasteiger partial charge is 0.410 e. The summed E-state index contributed by atoms with van der Waals surface area (Å²) in [5.41, 5.74) is 4.70. The summed E-state index contributed by atoms with van der Waals surface area (Å²) in [7, 11) is 0. The summed E-state index contributed by atoms with van der Waals surface area (Å²) >= 11 is 0. The Hall–Kier alpha value is -2.82. The monoisotopic (exact) mass is 480 g/mol. The zero-order valence-electron chi connectivity index (χ0n) is 22.0. The first-order valence-corrected chi connectivity index (χ1v) is 13.3. The molecule has 0 saturated heterocycles. The molecule has 0 aliphatic rings. The van der Waals surface area contributed by atoms with Crippen molar-refractivity contribution in [2.75, 3.05) is 19.6 Å². The number of nitrogens with zero attached hydrogens (tertiary/aromatic N) is 1. The summed E-state index contributed by atoms with van der Waals surface area (Å²) in [5, 5.41) is 3.00. The number of nitrogens with one attached hydrogen (secondary N) is 1. The molecule has 1 N–H and O–H groups in total. The predicted molar refractivity (Wildman–Crippen MR) is 143 cm³/mol. The fraction of sp³-hybridized carbons (Fsp3) is 0.533. The molecule has 0 radical (unpaired) electrons. The van der Waals surface area contributed by atoms with Crippen molar-refractivity contribution in [2.45, 2.75) is 85.2 Å². The first kappa shape index (κ1) is 28.4. The van der Waals surface area contributed by atoms with Gasteiger partial charge >= 0.3 is 6.09 Å². The van der Waals surface area contributed by atoms with Gasteiger partial charge in [-0.15, -0.1) is 0 Å². The van der Waals surface area contributed by atoms with Crippen LogP contribution in [0.5, 0.6) is 0 Å². The Kier molecular flexibility index (Phi) is 13.6. The van der Waals surface area contributed by atoms with E-state index in [0.29, 0.717) is 32.5 Å². The van der Waals surface area contributed by atoms with Crippen molar-refractivity contribution >= 4 is 12.0 Å². The van der Waals surface area contributed by atoms with Gasteiger partial charge in [0.1, 0.15) is 6.61 Å². The number of ether oxygens (including phenoxy) is 1. The molecule has 5 nitrogen and oxygen atoms in total. The topological polar surface area (TPSA) is 58.6 Å². The van der Waals surface area contributed by atoms with Crippen molar-refractivity contribution < 1.29 is 14.3 Å². The lowest BCUT2D eigenvalue weighted by Gasteiger charge is -2.22. The van der Waals surface area contributed by atoms with Crippen molar-refractivity contribution in [1.82, 2.24) is 10.2 Å². The molecule has 2 rings (SSSR count). The Balaban J connectivity index is 1.73. The van der Waals surface area contributed by atoms with E-state index in [4.69, 9.17) is 4.74 Å². The molecular formula is C30H44N2O3. The minimum atomic E-state index is -0.275. The van der Waals surface area contributed by atoms with E-state index in [1.807, 2.05) is 30.3 Å². The minimum Gasteiger partial charge on any atom is -0.445 e. The van der Waals surface area contributed by atoms with Crippen LogP contribution >= 0.6 is 0 Å². The van der Waals surface area contributed by atoms with E-state index in [1.54, 1.807) is 4.90 Å². The summed E-state index contributed by atoms with van der Waals surface area (Å²) in [6, 6.07) is 16.1. The number of rotatable bonds is 16. The van der Waals surface area contributed by atoms with E-state index in [-0.39, 0.29) is 18.6 Å². The highest BCUT2D eigenvalue weighted by Gasteiger charge is 2.15. The van der Waals surface area contributed by atoms with Crippen LogP contribution in [0.15, 0.2) is 48.5 Å². The number of benzene rings is 2. The molecule has 0 unspecified atom stereocenters. The summed E-state index contributed by atoms with van der Waals surface area (Å²) in [6.07, 6.45) is 8.71. The van der Waals surface area contributed by atoms with Crippen LogP contribution in [0.4, 0.5) is 4.79 Å². The van der Waals surface area contributed by atoms with Crippen molar-refractivity contribution in [3.8, 4) is 0 Å². The molecule has 35 heavy (non-hydrogen) atoms. The van der Waals surface area contributed by atoms with Crippen LogP contribution in [0.25, 0.3) is 0 Å². The lowest BCUT2D eigenvalue weighted by Crippen LogP contribution is -2.35. The number of hydrogen-bond donors (Lipinski definition) is 1. The van der Waals surface area contributed by atoms with E-state index in [1.165, 1.54) is 42.4 Å². The average molecular weight is 481 g/mol. The first-order valence-electron chi connectivity index (χ1n) is 13.3. The summed E-state index contributed by atoms with van der Waals surface area (Å²) in [6.45, 7) is 8.53. The Bertz CT molecular complexity index is 882. The second kappa shape index (κ2) is 16.7. The normalized spacial score (nSPS) is 10.7. The highest BCUT2D eigenvalue weighted by Crippen LogP contribution is 2.12. The third-order valence-electron chi connectivity index (χ3n) is 6.38. The molecule has 192 valence electrons. The number of carbonyl (C=O) groups excluding carboxylic acids is 2. The highest BCUT2D eigenvalue weighted by molar-refractivity contribution is 5.76. The highest BCUT2D eigenvalue weighted by atomic mass is 16.6. The lowest BCUT2D eigenvalue weighted by atomic mass is 10.0. The minimum absolute atomic E-state index is 0.0531. The SMILES string of the molecule is CCCCCCCCN(CCCNC(=O)CCc1ccc(C)c(C)c1)C(=O)OCc1ccccc1. The molecule has 5 heteroatoms. The molecular weight excluding hydrogens is 436 g/mol. The quantitative estimate of drug-likeness (QED) is 0.271. The van der Waals surface area contributed by atoms with Crippen LogP contribution in [0.2, 0.25) is 0 Å². The molecule has 0 atom stereocenters. The van der Waals surface area contributed by atoms with Gasteiger partial charge in [0, 0.05) is 26.1 Å². The molecule has 2 aromatic rings. The summed E-state index contributed by atoms with van der Waals surface area (Å²) < 4.78 is 5.57. The van der Waals surface area contributed by atoms with Gasteiger partial charge in [0.25, 0.3) is 0 Å². The van der Waals surface area contributed by atoms with Gasteiger partial charge < -0.3 is 15.0 Å². The number of amides is 2. The van der Waals surface area contributed by atoms with Crippen LogP contribution in [0, 0.1) is 13.8 Å². The fourth-order valence-electron chi connectivity index (χ4n) is 3.99. The molecule has 0 aliphatic carbocycles. The molecule has 0 fully saturated rings. The molecule has 0 spiro atoms. The van der Waals surface area contributed by atoms with Gasteiger partial charge in [-0.05, 0) is 55.4 Å². The van der Waals surface area contributed by atoms with Crippen LogP contribution in [0.1, 0.15) is 80.5 Å². The second-order valence-corrected chi connectivity index (χ2v) is 9.42. The zero-order chi connectivity index (χ0) is 25.3. The maximum Gasteiger partial charge on any atom is 0.410 e. The molecule has 0 bridgehead atoms. The molecule has 0 aromatic heterocycles. The third-order valence-corrected chi connectivity index (χ3v) is 6.38. The van der Waals surface area contributed by atoms with Crippen LogP contribution < -0.4 is 5.32 Å². The average Bonchev–Trinajstić information content (AvgIpc) is 2.87. The Morgan fingerprint density at radius 2 is 1.54 bits per heavy atom. The van der Waals surface area contributed by atoms with Gasteiger partial charge in [0.05, 0.1) is 0 Å². The number of aryl methyl sites for hydroxylation is 3. The predicted octanol–water partition coefficient (Wildman–Crippen LogP) is 6.74. The maximum atomic E-state index is 12.7. The fourth-order valence-corrected chi connectivity index (χ4v) is 3.99. The van der Waals surface area contributed by atoms with E-state index < -0.39 is 0 Å². The maximum absolute atomic E-state index is 12.7. The number of unbranched alkanes of at least 4 members (excludes halogenated alkanes) is 5. The van der Waals surface area contributed by atoms with Crippen molar-refractivity contribution in [3.63, 3.8) is 0 Å². The Labute approximate surface area is 212 Å². The lowest BCUT2D eigenvalue weighted by molar-refractivity contribution is -0.121. The summed E-state index contributed by atoms with van der Waals surface area (Å²) in [5.74, 6) is 0.0531. The molecule has 2 aromatic carbocycles. The largest absolute Gasteiger partial charge is 0.445 e. The Morgan fingerprint density at radius 1 is 0.829 bits per heavy atom. The van der Waals surface area contributed by atoms with E-state index >= 15 is 0 Å². The van der Waals surface area contributed by atoms with E-state index in [0.717, 1.165) is 24.8 Å². The van der Waals surface area contributed by atoms with Crippen LogP contribution in [-0.2, 0) is 22.6 Å². The van der Waals surface area contributed by atoms with Gasteiger partial charge in [-0.1, -0.05) is 87.6 Å². The molecule has 0 aliphatic heterocycles. The zero-order valence-corrected chi connectivity index (χ0v) is 22.0. The van der Waals surface area contributed by atoms with Gasteiger partial charge in [0.15, 0.2) is 0 Å². The second-order valence-electron chi connectivity index (χ2n) is 9.42. The Morgan fingerprint density at radius 3 is 2.29 bits per heavy atom. The van der Waals surface area contributed by atoms with Crippen molar-refractivity contribution in [1.29, 1.82) is 0 Å².